The SMILES string of the molecule is Cc1ccc(N=C2S/C(=C/c3ccc(C(=O)O)cc3)C(=O)N2C2CCCCC2)cc1. The zero-order valence-electron chi connectivity index (χ0n) is 16.9. The first-order chi connectivity index (χ1) is 14.5. The van der Waals surface area contributed by atoms with Crippen LogP contribution in [0, 0.1) is 6.92 Å². The van der Waals surface area contributed by atoms with Crippen LogP contribution >= 0.6 is 11.8 Å². The van der Waals surface area contributed by atoms with Crippen molar-refractivity contribution in [2.75, 3.05) is 0 Å². The van der Waals surface area contributed by atoms with Gasteiger partial charge in [0.25, 0.3) is 5.91 Å². The van der Waals surface area contributed by atoms with Crippen molar-refractivity contribution in [2.45, 2.75) is 45.1 Å². The van der Waals surface area contributed by atoms with Gasteiger partial charge in [0.2, 0.25) is 0 Å². The van der Waals surface area contributed by atoms with Gasteiger partial charge in [-0.1, -0.05) is 49.1 Å². The number of carboxylic acid groups (broad SMARTS) is 1. The molecule has 0 bridgehead atoms. The molecular weight excluding hydrogens is 396 g/mol. The Hall–Kier alpha value is -2.86. The molecule has 2 aromatic carbocycles. The molecule has 0 unspecified atom stereocenters. The van der Waals surface area contributed by atoms with E-state index in [2.05, 4.69) is 0 Å². The molecule has 1 amide bonds. The number of carbonyl (C=O) groups excluding carboxylic acids is 1. The van der Waals surface area contributed by atoms with E-state index in [-0.39, 0.29) is 17.5 Å². The van der Waals surface area contributed by atoms with Gasteiger partial charge in [-0.2, -0.15) is 0 Å². The summed E-state index contributed by atoms with van der Waals surface area (Å²) in [6.07, 6.45) is 7.31. The lowest BCUT2D eigenvalue weighted by atomic mass is 9.94. The quantitative estimate of drug-likeness (QED) is 0.651. The number of hydrogen-bond donors (Lipinski definition) is 1. The maximum atomic E-state index is 13.3. The maximum Gasteiger partial charge on any atom is 0.335 e. The summed E-state index contributed by atoms with van der Waals surface area (Å²) in [6.45, 7) is 2.04. The molecule has 2 fully saturated rings. The maximum absolute atomic E-state index is 13.3. The Morgan fingerprint density at radius 3 is 2.37 bits per heavy atom. The Bertz CT molecular complexity index is 1000. The van der Waals surface area contributed by atoms with Crippen LogP contribution in [0.15, 0.2) is 58.4 Å². The Kier molecular flexibility index (Phi) is 6.04. The van der Waals surface area contributed by atoms with Gasteiger partial charge < -0.3 is 5.11 Å². The lowest BCUT2D eigenvalue weighted by Crippen LogP contribution is -2.40. The van der Waals surface area contributed by atoms with Crippen LogP contribution < -0.4 is 0 Å². The van der Waals surface area contributed by atoms with Gasteiger partial charge in [0.1, 0.15) is 0 Å². The number of nitrogens with zero attached hydrogens (tertiary/aromatic N) is 2. The second-order valence-electron chi connectivity index (χ2n) is 7.73. The van der Waals surface area contributed by atoms with E-state index in [9.17, 15) is 9.59 Å². The lowest BCUT2D eigenvalue weighted by molar-refractivity contribution is -0.124. The first-order valence-electron chi connectivity index (χ1n) is 10.2. The number of aliphatic imine (C=N–C) groups is 1. The van der Waals surface area contributed by atoms with E-state index < -0.39 is 5.97 Å². The van der Waals surface area contributed by atoms with Gasteiger partial charge in [0.15, 0.2) is 5.17 Å². The third-order valence-electron chi connectivity index (χ3n) is 5.49. The number of hydrogen-bond acceptors (Lipinski definition) is 4. The summed E-state index contributed by atoms with van der Waals surface area (Å²) in [6, 6.07) is 14.7. The molecule has 1 saturated heterocycles. The molecule has 1 aliphatic carbocycles. The number of amidine groups is 1. The minimum Gasteiger partial charge on any atom is -0.478 e. The van der Waals surface area contributed by atoms with Gasteiger partial charge in [-0.25, -0.2) is 9.79 Å². The van der Waals surface area contributed by atoms with E-state index in [0.29, 0.717) is 4.91 Å². The number of amides is 1. The van der Waals surface area contributed by atoms with Crippen LogP contribution in [0.4, 0.5) is 5.69 Å². The standard InChI is InChI=1S/C24H24N2O3S/c1-16-7-13-19(14-8-16)25-24-26(20-5-3-2-4-6-20)22(27)21(30-24)15-17-9-11-18(12-10-17)23(28)29/h7-15,20H,2-6H2,1H3,(H,28,29)/b21-15+,25-24?. The summed E-state index contributed by atoms with van der Waals surface area (Å²) in [4.78, 5) is 31.7. The zero-order valence-corrected chi connectivity index (χ0v) is 17.7. The highest BCUT2D eigenvalue weighted by Gasteiger charge is 2.38. The first kappa shape index (κ1) is 20.4. The molecule has 4 rings (SSSR count). The van der Waals surface area contributed by atoms with Crippen molar-refractivity contribution in [3.63, 3.8) is 0 Å². The largest absolute Gasteiger partial charge is 0.478 e. The van der Waals surface area contributed by atoms with Crippen LogP contribution in [-0.4, -0.2) is 33.1 Å². The molecule has 2 aliphatic rings. The molecule has 5 nitrogen and oxygen atoms in total. The zero-order chi connectivity index (χ0) is 21.1. The molecule has 1 heterocycles. The van der Waals surface area contributed by atoms with Gasteiger partial charge in [0.05, 0.1) is 16.2 Å². The monoisotopic (exact) mass is 420 g/mol. The molecule has 1 saturated carbocycles. The number of carbonyl (C=O) groups is 2. The Morgan fingerprint density at radius 2 is 1.73 bits per heavy atom. The fraction of sp³-hybridized carbons (Fsp3) is 0.292. The summed E-state index contributed by atoms with van der Waals surface area (Å²) in [5.74, 6) is -0.975. The third-order valence-corrected chi connectivity index (χ3v) is 6.47. The number of benzene rings is 2. The normalized spacial score (nSPS) is 20.3. The number of thioether (sulfide) groups is 1. The second kappa shape index (κ2) is 8.88. The summed E-state index contributed by atoms with van der Waals surface area (Å²) in [5.41, 5.74) is 3.04. The molecule has 0 aromatic heterocycles. The van der Waals surface area contributed by atoms with Crippen molar-refractivity contribution >= 4 is 40.6 Å². The van der Waals surface area contributed by atoms with Crippen molar-refractivity contribution in [2.24, 2.45) is 4.99 Å². The van der Waals surface area contributed by atoms with Crippen LogP contribution in [0.2, 0.25) is 0 Å². The molecule has 0 radical (unpaired) electrons. The van der Waals surface area contributed by atoms with E-state index in [1.165, 1.54) is 23.7 Å². The van der Waals surface area contributed by atoms with Crippen molar-refractivity contribution in [1.82, 2.24) is 4.90 Å². The van der Waals surface area contributed by atoms with Gasteiger partial charge in [-0.3, -0.25) is 9.69 Å². The summed E-state index contributed by atoms with van der Waals surface area (Å²) < 4.78 is 0. The highest BCUT2D eigenvalue weighted by molar-refractivity contribution is 8.18. The van der Waals surface area contributed by atoms with E-state index in [1.807, 2.05) is 42.2 Å². The highest BCUT2D eigenvalue weighted by Crippen LogP contribution is 2.38. The van der Waals surface area contributed by atoms with E-state index in [0.717, 1.165) is 42.1 Å². The Morgan fingerprint density at radius 1 is 1.07 bits per heavy atom. The molecule has 30 heavy (non-hydrogen) atoms. The Balaban J connectivity index is 1.66. The highest BCUT2D eigenvalue weighted by atomic mass is 32.2. The van der Waals surface area contributed by atoms with Crippen molar-refractivity contribution in [1.29, 1.82) is 0 Å². The van der Waals surface area contributed by atoms with Gasteiger partial charge in [-0.15, -0.1) is 0 Å². The average molecular weight is 421 g/mol. The van der Waals surface area contributed by atoms with Gasteiger partial charge in [-0.05, 0) is 67.4 Å². The molecule has 0 atom stereocenters. The third kappa shape index (κ3) is 4.49. The van der Waals surface area contributed by atoms with Crippen LogP contribution in [0.3, 0.4) is 0 Å². The summed E-state index contributed by atoms with van der Waals surface area (Å²) in [5, 5.41) is 9.80. The minimum absolute atomic E-state index is 0.0138. The summed E-state index contributed by atoms with van der Waals surface area (Å²) in [7, 11) is 0. The fourth-order valence-corrected chi connectivity index (χ4v) is 4.89. The van der Waals surface area contributed by atoms with Crippen molar-refractivity contribution < 1.29 is 14.7 Å². The number of rotatable bonds is 4. The predicted molar refractivity (Wildman–Crippen MR) is 121 cm³/mol. The summed E-state index contributed by atoms with van der Waals surface area (Å²) >= 11 is 1.40. The minimum atomic E-state index is -0.962. The van der Waals surface area contributed by atoms with E-state index in [4.69, 9.17) is 10.1 Å². The van der Waals surface area contributed by atoms with Crippen LogP contribution in [0.25, 0.3) is 6.08 Å². The van der Waals surface area contributed by atoms with Crippen LogP contribution in [0.1, 0.15) is 53.6 Å². The molecule has 1 aliphatic heterocycles. The fourth-order valence-electron chi connectivity index (χ4n) is 3.83. The second-order valence-corrected chi connectivity index (χ2v) is 8.74. The van der Waals surface area contributed by atoms with Crippen LogP contribution in [0.5, 0.6) is 0 Å². The topological polar surface area (TPSA) is 70.0 Å². The van der Waals surface area contributed by atoms with Crippen molar-refractivity contribution in [3.8, 4) is 0 Å². The van der Waals surface area contributed by atoms with E-state index >= 15 is 0 Å². The van der Waals surface area contributed by atoms with Crippen molar-refractivity contribution in [3.05, 3.63) is 70.1 Å². The molecule has 6 heteroatoms. The van der Waals surface area contributed by atoms with Gasteiger partial charge >= 0.3 is 5.97 Å². The predicted octanol–water partition coefficient (Wildman–Crippen LogP) is 5.63. The van der Waals surface area contributed by atoms with Crippen LogP contribution in [-0.2, 0) is 4.79 Å². The van der Waals surface area contributed by atoms with Gasteiger partial charge in [0, 0.05) is 6.04 Å². The molecule has 2 aromatic rings. The first-order valence-corrected chi connectivity index (χ1v) is 11.0. The Labute approximate surface area is 180 Å². The lowest BCUT2D eigenvalue weighted by Gasteiger charge is -2.30. The number of aryl methyl sites for hydroxylation is 1. The molecule has 1 N–H and O–H groups in total. The molecular formula is C24H24N2O3S. The van der Waals surface area contributed by atoms with E-state index in [1.54, 1.807) is 24.3 Å². The smallest absolute Gasteiger partial charge is 0.335 e. The molecule has 0 spiro atoms. The molecule has 154 valence electrons. The number of aromatic carboxylic acids is 1. The average Bonchev–Trinajstić information content (AvgIpc) is 3.05. The number of carboxylic acids is 1.